The first kappa shape index (κ1) is 15.2. The Kier molecular flexibility index (Phi) is 4.72. The molecule has 0 spiro atoms. The number of hydrogen-bond donors (Lipinski definition) is 0. The first-order chi connectivity index (χ1) is 10.0. The van der Waals surface area contributed by atoms with E-state index in [4.69, 9.17) is 4.74 Å². The number of aryl methyl sites for hydroxylation is 1. The number of ether oxygens (including phenoxy) is 1. The molecule has 0 radical (unpaired) electrons. The molecule has 1 fully saturated rings. The third-order valence-corrected chi connectivity index (χ3v) is 3.70. The molecule has 0 atom stereocenters. The van der Waals surface area contributed by atoms with Gasteiger partial charge in [0.25, 0.3) is 5.69 Å². The summed E-state index contributed by atoms with van der Waals surface area (Å²) in [5.74, 6) is 0.533. The minimum Gasteiger partial charge on any atom is -0.466 e. The summed E-state index contributed by atoms with van der Waals surface area (Å²) < 4.78 is 5.04. The summed E-state index contributed by atoms with van der Waals surface area (Å²) >= 11 is 0. The van der Waals surface area contributed by atoms with Gasteiger partial charge in [-0.25, -0.2) is 4.98 Å². The summed E-state index contributed by atoms with van der Waals surface area (Å²) in [5, 5.41) is 10.8. The predicted octanol–water partition coefficient (Wildman–Crippen LogP) is 2.08. The highest BCUT2D eigenvalue weighted by molar-refractivity contribution is 5.72. The largest absolute Gasteiger partial charge is 0.466 e. The molecule has 0 aromatic carbocycles. The Bertz CT molecular complexity index is 539. The zero-order valence-corrected chi connectivity index (χ0v) is 12.2. The number of rotatable bonds is 4. The van der Waals surface area contributed by atoms with Crippen molar-refractivity contribution >= 4 is 17.5 Å². The van der Waals surface area contributed by atoms with Crippen LogP contribution in [0.3, 0.4) is 0 Å². The van der Waals surface area contributed by atoms with Gasteiger partial charge in [-0.05, 0) is 32.8 Å². The molecule has 1 saturated heterocycles. The highest BCUT2D eigenvalue weighted by Gasteiger charge is 2.27. The first-order valence-corrected chi connectivity index (χ1v) is 7.05. The van der Waals surface area contributed by atoms with Gasteiger partial charge in [-0.2, -0.15) is 0 Å². The second kappa shape index (κ2) is 6.51. The van der Waals surface area contributed by atoms with E-state index in [1.54, 1.807) is 19.9 Å². The molecule has 7 heteroatoms. The van der Waals surface area contributed by atoms with Crippen LogP contribution < -0.4 is 4.90 Å². The van der Waals surface area contributed by atoms with Crippen molar-refractivity contribution in [2.24, 2.45) is 5.92 Å². The number of anilines is 1. The van der Waals surface area contributed by atoms with Crippen LogP contribution in [0.4, 0.5) is 11.5 Å². The third-order valence-electron chi connectivity index (χ3n) is 3.70. The van der Waals surface area contributed by atoms with Crippen molar-refractivity contribution in [1.82, 2.24) is 4.98 Å². The molecule has 0 bridgehead atoms. The van der Waals surface area contributed by atoms with Crippen molar-refractivity contribution in [3.8, 4) is 0 Å². The fourth-order valence-corrected chi connectivity index (χ4v) is 2.50. The Morgan fingerprint density at radius 2 is 2.19 bits per heavy atom. The van der Waals surface area contributed by atoms with E-state index in [9.17, 15) is 14.9 Å². The van der Waals surface area contributed by atoms with Crippen molar-refractivity contribution < 1.29 is 14.5 Å². The van der Waals surface area contributed by atoms with E-state index in [1.807, 2.05) is 4.90 Å². The average Bonchev–Trinajstić information content (AvgIpc) is 2.47. The third kappa shape index (κ3) is 3.48. The van der Waals surface area contributed by atoms with E-state index < -0.39 is 4.92 Å². The van der Waals surface area contributed by atoms with Crippen LogP contribution >= 0.6 is 0 Å². The average molecular weight is 293 g/mol. The lowest BCUT2D eigenvalue weighted by Gasteiger charge is -2.31. The number of pyridine rings is 1. The van der Waals surface area contributed by atoms with Gasteiger partial charge in [0.2, 0.25) is 0 Å². The summed E-state index contributed by atoms with van der Waals surface area (Å²) in [4.78, 5) is 28.2. The van der Waals surface area contributed by atoms with E-state index in [1.165, 1.54) is 6.20 Å². The maximum absolute atomic E-state index is 11.7. The van der Waals surface area contributed by atoms with Crippen LogP contribution in [0.2, 0.25) is 0 Å². The van der Waals surface area contributed by atoms with Crippen LogP contribution in [0.1, 0.15) is 25.3 Å². The number of esters is 1. The Balaban J connectivity index is 2.01. The normalized spacial score (nSPS) is 15.8. The molecule has 1 aromatic rings. The summed E-state index contributed by atoms with van der Waals surface area (Å²) in [7, 11) is 0. The van der Waals surface area contributed by atoms with Gasteiger partial charge in [0.05, 0.1) is 17.4 Å². The van der Waals surface area contributed by atoms with Crippen LogP contribution in [-0.2, 0) is 9.53 Å². The van der Waals surface area contributed by atoms with Crippen LogP contribution in [-0.4, -0.2) is 35.6 Å². The second-order valence-electron chi connectivity index (χ2n) is 5.10. The van der Waals surface area contributed by atoms with Crippen LogP contribution in [0.5, 0.6) is 0 Å². The number of aromatic nitrogens is 1. The van der Waals surface area contributed by atoms with Gasteiger partial charge in [-0.1, -0.05) is 0 Å². The Labute approximate surface area is 123 Å². The second-order valence-corrected chi connectivity index (χ2v) is 5.10. The molecular weight excluding hydrogens is 274 g/mol. The molecule has 21 heavy (non-hydrogen) atoms. The zero-order valence-electron chi connectivity index (χ0n) is 12.2. The molecule has 0 saturated carbocycles. The van der Waals surface area contributed by atoms with Gasteiger partial charge in [0, 0.05) is 18.7 Å². The Hall–Kier alpha value is -2.18. The molecule has 0 unspecified atom stereocenters. The standard InChI is InChI=1S/C14H19N3O4/c1-3-21-14(18)11-4-6-16(7-5-11)13-8-10(2)12(9-15-13)17(19)20/h8-9,11H,3-7H2,1-2H3. The van der Waals surface area contributed by atoms with Gasteiger partial charge in [0.1, 0.15) is 12.0 Å². The zero-order chi connectivity index (χ0) is 15.4. The molecule has 0 aliphatic carbocycles. The highest BCUT2D eigenvalue weighted by atomic mass is 16.6. The predicted molar refractivity (Wildman–Crippen MR) is 77.2 cm³/mol. The lowest BCUT2D eigenvalue weighted by atomic mass is 9.97. The van der Waals surface area contributed by atoms with Gasteiger partial charge in [-0.3, -0.25) is 14.9 Å². The number of nitrogens with zero attached hydrogens (tertiary/aromatic N) is 3. The summed E-state index contributed by atoms with van der Waals surface area (Å²) in [6, 6.07) is 1.73. The molecule has 1 aliphatic rings. The van der Waals surface area contributed by atoms with Crippen LogP contribution in [0.15, 0.2) is 12.3 Å². The molecule has 1 aliphatic heterocycles. The quantitative estimate of drug-likeness (QED) is 0.480. The van der Waals surface area contributed by atoms with Gasteiger partial charge in [-0.15, -0.1) is 0 Å². The molecule has 7 nitrogen and oxygen atoms in total. The molecule has 2 heterocycles. The van der Waals surface area contributed by atoms with Crippen molar-refractivity contribution in [3.05, 3.63) is 27.9 Å². The van der Waals surface area contributed by atoms with E-state index in [0.29, 0.717) is 25.3 Å². The molecular formula is C14H19N3O4. The first-order valence-electron chi connectivity index (χ1n) is 7.05. The summed E-state index contributed by atoms with van der Waals surface area (Å²) in [5.41, 5.74) is 0.623. The topological polar surface area (TPSA) is 85.6 Å². The Morgan fingerprint density at radius 1 is 1.52 bits per heavy atom. The molecule has 0 amide bonds. The van der Waals surface area contributed by atoms with E-state index in [2.05, 4.69) is 4.98 Å². The molecule has 2 rings (SSSR count). The minimum absolute atomic E-state index is 0.0279. The van der Waals surface area contributed by atoms with E-state index in [-0.39, 0.29) is 17.6 Å². The lowest BCUT2D eigenvalue weighted by Crippen LogP contribution is -2.37. The van der Waals surface area contributed by atoms with Crippen LogP contribution in [0, 0.1) is 23.0 Å². The SMILES string of the molecule is CCOC(=O)C1CCN(c2cc(C)c([N+](=O)[O-])cn2)CC1. The number of piperidine rings is 1. The van der Waals surface area contributed by atoms with E-state index >= 15 is 0 Å². The van der Waals surface area contributed by atoms with Crippen molar-refractivity contribution in [3.63, 3.8) is 0 Å². The number of hydrogen-bond acceptors (Lipinski definition) is 6. The summed E-state index contributed by atoms with van der Waals surface area (Å²) in [6.45, 7) is 5.31. The fourth-order valence-electron chi connectivity index (χ4n) is 2.50. The number of carbonyl (C=O) groups is 1. The fraction of sp³-hybridized carbons (Fsp3) is 0.571. The van der Waals surface area contributed by atoms with Crippen molar-refractivity contribution in [2.75, 3.05) is 24.6 Å². The smallest absolute Gasteiger partial charge is 0.309 e. The number of nitro groups is 1. The van der Waals surface area contributed by atoms with Gasteiger partial charge >= 0.3 is 5.97 Å². The van der Waals surface area contributed by atoms with Crippen molar-refractivity contribution in [1.29, 1.82) is 0 Å². The van der Waals surface area contributed by atoms with Gasteiger partial charge < -0.3 is 9.64 Å². The minimum atomic E-state index is -0.431. The maximum Gasteiger partial charge on any atom is 0.309 e. The molecule has 114 valence electrons. The molecule has 0 N–H and O–H groups in total. The summed E-state index contributed by atoms with van der Waals surface area (Å²) in [6.07, 6.45) is 2.73. The highest BCUT2D eigenvalue weighted by Crippen LogP contribution is 2.26. The monoisotopic (exact) mass is 293 g/mol. The van der Waals surface area contributed by atoms with E-state index in [0.717, 1.165) is 18.7 Å². The van der Waals surface area contributed by atoms with Crippen molar-refractivity contribution in [2.45, 2.75) is 26.7 Å². The lowest BCUT2D eigenvalue weighted by molar-refractivity contribution is -0.385. The van der Waals surface area contributed by atoms with Gasteiger partial charge in [0.15, 0.2) is 0 Å². The Morgan fingerprint density at radius 3 is 2.71 bits per heavy atom. The van der Waals surface area contributed by atoms with Crippen LogP contribution in [0.25, 0.3) is 0 Å². The maximum atomic E-state index is 11.7. The molecule has 1 aromatic heterocycles. The number of carbonyl (C=O) groups excluding carboxylic acids is 1.